The molecule has 0 aromatic heterocycles. The van der Waals surface area contributed by atoms with Gasteiger partial charge in [0.2, 0.25) is 6.79 Å². The van der Waals surface area contributed by atoms with Crippen molar-refractivity contribution in [3.05, 3.63) is 46.5 Å². The van der Waals surface area contributed by atoms with Crippen molar-refractivity contribution < 1.29 is 24.2 Å². The maximum absolute atomic E-state index is 9.62. The van der Waals surface area contributed by atoms with Crippen LogP contribution in [0.5, 0.6) is 23.0 Å². The molecule has 1 N–H and O–H groups in total. The Hall–Kier alpha value is -2.70. The van der Waals surface area contributed by atoms with Crippen LogP contribution >= 0.6 is 0 Å². The van der Waals surface area contributed by atoms with E-state index in [4.69, 9.17) is 18.9 Å². The van der Waals surface area contributed by atoms with Gasteiger partial charge in [-0.25, -0.2) is 0 Å². The Morgan fingerprint density at radius 2 is 1.82 bits per heavy atom. The molecule has 6 heteroatoms. The third-order valence-corrected chi connectivity index (χ3v) is 5.49. The van der Waals surface area contributed by atoms with Crippen LogP contribution in [-0.2, 0) is 12.8 Å². The van der Waals surface area contributed by atoms with Gasteiger partial charge in [0.05, 0.1) is 14.2 Å². The Bertz CT molecular complexity index is 948. The number of rotatable bonds is 6. The first-order valence-electron chi connectivity index (χ1n) is 9.30. The lowest BCUT2D eigenvalue weighted by molar-refractivity contribution is -0.0634. The summed E-state index contributed by atoms with van der Waals surface area (Å²) in [5.74, 6) is 3.04. The predicted molar refractivity (Wildman–Crippen MR) is 106 cm³/mol. The molecule has 2 aromatic rings. The molecule has 6 nitrogen and oxygen atoms in total. The van der Waals surface area contributed by atoms with Gasteiger partial charge in [-0.3, -0.25) is 0 Å². The van der Waals surface area contributed by atoms with E-state index in [1.807, 2.05) is 12.1 Å². The second-order valence-electron chi connectivity index (χ2n) is 7.10. The minimum absolute atomic E-state index is 0.238. The van der Waals surface area contributed by atoms with E-state index in [0.29, 0.717) is 13.0 Å². The number of hydrogen-bond donors (Lipinski definition) is 1. The van der Waals surface area contributed by atoms with Crippen LogP contribution in [0.3, 0.4) is 0 Å². The molecule has 2 aromatic carbocycles. The fourth-order valence-corrected chi connectivity index (χ4v) is 4.04. The second kappa shape index (κ2) is 7.37. The highest BCUT2D eigenvalue weighted by Crippen LogP contribution is 2.48. The highest BCUT2D eigenvalue weighted by Gasteiger charge is 2.28. The molecule has 2 aliphatic rings. The van der Waals surface area contributed by atoms with Crippen molar-refractivity contribution >= 4 is 11.1 Å². The number of benzene rings is 2. The van der Waals surface area contributed by atoms with Crippen LogP contribution in [0.2, 0.25) is 0 Å². The Kier molecular flexibility index (Phi) is 4.91. The lowest BCUT2D eigenvalue weighted by Gasteiger charge is -2.15. The standard InChI is InChI=1S/C22H25NO5/c1-13-15-5-6-19(25-3)22(26-4)18(15)10-16(13)17-11-21-20(27-12-28-21)9-14(17)7-8-23(2)24/h5-6,9,11,24H,7-8,10,12H2,1-4H3. The minimum Gasteiger partial charge on any atom is -0.493 e. The third kappa shape index (κ3) is 3.08. The van der Waals surface area contributed by atoms with Gasteiger partial charge in [0.25, 0.3) is 0 Å². The summed E-state index contributed by atoms with van der Waals surface area (Å²) in [5, 5.41) is 10.8. The Morgan fingerprint density at radius 1 is 1.07 bits per heavy atom. The van der Waals surface area contributed by atoms with Crippen molar-refractivity contribution in [3.8, 4) is 23.0 Å². The molecule has 0 bridgehead atoms. The molecule has 0 radical (unpaired) electrons. The van der Waals surface area contributed by atoms with Gasteiger partial charge >= 0.3 is 0 Å². The number of nitrogens with zero attached hydrogens (tertiary/aromatic N) is 1. The van der Waals surface area contributed by atoms with Gasteiger partial charge in [0.15, 0.2) is 23.0 Å². The molecule has 148 valence electrons. The largest absolute Gasteiger partial charge is 0.493 e. The van der Waals surface area contributed by atoms with E-state index in [2.05, 4.69) is 19.1 Å². The SMILES string of the molecule is COc1ccc2c(c1OC)CC(c1cc3c(cc1CCN(C)O)OCO3)=C2C. The van der Waals surface area contributed by atoms with Crippen molar-refractivity contribution in [1.29, 1.82) is 0 Å². The van der Waals surface area contributed by atoms with Crippen LogP contribution in [0.4, 0.5) is 0 Å². The van der Waals surface area contributed by atoms with Gasteiger partial charge in [-0.1, -0.05) is 6.07 Å². The lowest BCUT2D eigenvalue weighted by Crippen LogP contribution is -2.16. The molecule has 1 heterocycles. The molecule has 0 amide bonds. The zero-order chi connectivity index (χ0) is 19.8. The van der Waals surface area contributed by atoms with Crippen molar-refractivity contribution in [2.45, 2.75) is 19.8 Å². The highest BCUT2D eigenvalue weighted by atomic mass is 16.7. The van der Waals surface area contributed by atoms with Crippen LogP contribution in [-0.4, -0.2) is 44.9 Å². The normalized spacial score (nSPS) is 14.6. The van der Waals surface area contributed by atoms with Crippen LogP contribution in [0, 0.1) is 0 Å². The molecular formula is C22H25NO5. The van der Waals surface area contributed by atoms with Gasteiger partial charge in [-0.15, -0.1) is 0 Å². The van der Waals surface area contributed by atoms with E-state index in [1.54, 1.807) is 21.3 Å². The summed E-state index contributed by atoms with van der Waals surface area (Å²) in [6.45, 7) is 2.91. The van der Waals surface area contributed by atoms with Crippen LogP contribution in [0.25, 0.3) is 11.1 Å². The lowest BCUT2D eigenvalue weighted by atomic mass is 9.93. The predicted octanol–water partition coefficient (Wildman–Crippen LogP) is 3.78. The number of methoxy groups -OCH3 is 2. The highest BCUT2D eigenvalue weighted by molar-refractivity contribution is 5.98. The van der Waals surface area contributed by atoms with E-state index in [9.17, 15) is 5.21 Å². The maximum atomic E-state index is 9.62. The molecule has 28 heavy (non-hydrogen) atoms. The topological polar surface area (TPSA) is 60.4 Å². The van der Waals surface area contributed by atoms with Crippen molar-refractivity contribution in [3.63, 3.8) is 0 Å². The fourth-order valence-electron chi connectivity index (χ4n) is 4.04. The van der Waals surface area contributed by atoms with E-state index < -0.39 is 0 Å². The van der Waals surface area contributed by atoms with E-state index in [-0.39, 0.29) is 6.79 Å². The zero-order valence-corrected chi connectivity index (χ0v) is 16.7. The molecule has 4 rings (SSSR count). The Balaban J connectivity index is 1.79. The minimum atomic E-state index is 0.238. The molecule has 1 aliphatic carbocycles. The Labute approximate surface area is 164 Å². The van der Waals surface area contributed by atoms with Gasteiger partial charge < -0.3 is 24.2 Å². The summed E-state index contributed by atoms with van der Waals surface area (Å²) in [5.41, 5.74) is 7.01. The average molecular weight is 383 g/mol. The number of fused-ring (bicyclic) bond motifs is 2. The maximum Gasteiger partial charge on any atom is 0.231 e. The summed E-state index contributed by atoms with van der Waals surface area (Å²) >= 11 is 0. The molecule has 0 saturated heterocycles. The molecule has 0 spiro atoms. The number of likely N-dealkylation sites (N-methyl/N-ethyl adjacent to an activating group) is 1. The molecule has 0 unspecified atom stereocenters. The van der Waals surface area contributed by atoms with Crippen LogP contribution in [0.15, 0.2) is 24.3 Å². The van der Waals surface area contributed by atoms with Gasteiger partial charge in [-0.05, 0) is 59.4 Å². The first kappa shape index (κ1) is 18.7. The molecule has 0 atom stereocenters. The number of hydrogen-bond acceptors (Lipinski definition) is 6. The Morgan fingerprint density at radius 3 is 2.50 bits per heavy atom. The summed E-state index contributed by atoms with van der Waals surface area (Å²) in [7, 11) is 4.98. The van der Waals surface area contributed by atoms with Gasteiger partial charge in [0, 0.05) is 25.6 Å². The molecular weight excluding hydrogens is 358 g/mol. The number of ether oxygens (including phenoxy) is 4. The first-order chi connectivity index (χ1) is 13.5. The summed E-state index contributed by atoms with van der Waals surface area (Å²) in [6.07, 6.45) is 1.45. The first-order valence-corrected chi connectivity index (χ1v) is 9.30. The van der Waals surface area contributed by atoms with Crippen LogP contribution < -0.4 is 18.9 Å². The summed E-state index contributed by atoms with van der Waals surface area (Å²) in [4.78, 5) is 0. The monoisotopic (exact) mass is 383 g/mol. The molecule has 1 aliphatic heterocycles. The van der Waals surface area contributed by atoms with E-state index in [0.717, 1.165) is 46.1 Å². The second-order valence-corrected chi connectivity index (χ2v) is 7.10. The third-order valence-electron chi connectivity index (χ3n) is 5.49. The molecule has 0 fully saturated rings. The van der Waals surface area contributed by atoms with Crippen molar-refractivity contribution in [2.24, 2.45) is 0 Å². The van der Waals surface area contributed by atoms with E-state index >= 15 is 0 Å². The smallest absolute Gasteiger partial charge is 0.231 e. The fraction of sp³-hybridized carbons (Fsp3) is 0.364. The van der Waals surface area contributed by atoms with Gasteiger partial charge in [0.1, 0.15) is 0 Å². The van der Waals surface area contributed by atoms with Crippen LogP contribution in [0.1, 0.15) is 29.2 Å². The quantitative estimate of drug-likeness (QED) is 0.766. The number of allylic oxidation sites excluding steroid dienone is 2. The van der Waals surface area contributed by atoms with Crippen molar-refractivity contribution in [1.82, 2.24) is 5.06 Å². The van der Waals surface area contributed by atoms with E-state index in [1.165, 1.54) is 21.8 Å². The average Bonchev–Trinajstić information content (AvgIpc) is 3.28. The van der Waals surface area contributed by atoms with Gasteiger partial charge in [-0.2, -0.15) is 5.06 Å². The summed E-state index contributed by atoms with van der Waals surface area (Å²) < 4.78 is 22.3. The molecule has 0 saturated carbocycles. The number of hydroxylamine groups is 2. The zero-order valence-electron chi connectivity index (χ0n) is 16.7. The van der Waals surface area contributed by atoms with Crippen molar-refractivity contribution in [2.75, 3.05) is 34.6 Å². The summed E-state index contributed by atoms with van der Waals surface area (Å²) in [6, 6.07) is 8.13.